The van der Waals surface area contributed by atoms with Crippen LogP contribution >= 0.6 is 22.9 Å². The highest BCUT2D eigenvalue weighted by Gasteiger charge is 2.03. The number of nitrogens with one attached hydrogen (secondary N) is 2. The summed E-state index contributed by atoms with van der Waals surface area (Å²) in [4.78, 5) is 15.4. The molecule has 0 unspecified atom stereocenters. The standard InChI is InChI=1S/C10H16ClN3OS/c1-7(2)14-9(15)3-4-12-6-10-13-5-8(11)16-10/h5,7,12H,3-4,6H2,1-2H3,(H,14,15). The quantitative estimate of drug-likeness (QED) is 0.768. The maximum absolute atomic E-state index is 11.3. The molecule has 4 nitrogen and oxygen atoms in total. The summed E-state index contributed by atoms with van der Waals surface area (Å²) in [6, 6.07) is 0.199. The number of rotatable bonds is 6. The normalized spacial score (nSPS) is 10.8. The molecule has 1 rings (SSSR count). The van der Waals surface area contributed by atoms with Crippen molar-refractivity contribution in [3.63, 3.8) is 0 Å². The number of carbonyl (C=O) groups excluding carboxylic acids is 1. The summed E-state index contributed by atoms with van der Waals surface area (Å²) in [6.45, 7) is 5.20. The zero-order valence-electron chi connectivity index (χ0n) is 9.42. The van der Waals surface area contributed by atoms with E-state index in [9.17, 15) is 4.79 Å². The van der Waals surface area contributed by atoms with Crippen molar-refractivity contribution in [1.29, 1.82) is 0 Å². The molecular formula is C10H16ClN3OS. The van der Waals surface area contributed by atoms with E-state index in [2.05, 4.69) is 15.6 Å². The molecule has 0 spiro atoms. The molecule has 0 atom stereocenters. The highest BCUT2D eigenvalue weighted by molar-refractivity contribution is 7.15. The van der Waals surface area contributed by atoms with E-state index in [1.54, 1.807) is 6.20 Å². The summed E-state index contributed by atoms with van der Waals surface area (Å²) < 4.78 is 0.689. The van der Waals surface area contributed by atoms with Gasteiger partial charge in [0.15, 0.2) is 0 Å². The third-order valence-electron chi connectivity index (χ3n) is 1.78. The summed E-state index contributed by atoms with van der Waals surface area (Å²) >= 11 is 7.19. The maximum atomic E-state index is 11.3. The Morgan fingerprint density at radius 3 is 2.94 bits per heavy atom. The van der Waals surface area contributed by atoms with Crippen molar-refractivity contribution >= 4 is 28.8 Å². The first kappa shape index (κ1) is 13.4. The van der Waals surface area contributed by atoms with E-state index >= 15 is 0 Å². The zero-order valence-corrected chi connectivity index (χ0v) is 11.0. The molecule has 0 aliphatic heterocycles. The van der Waals surface area contributed by atoms with Crippen LogP contribution in [0.2, 0.25) is 4.34 Å². The van der Waals surface area contributed by atoms with Crippen LogP contribution in [0, 0.1) is 0 Å². The van der Waals surface area contributed by atoms with Crippen LogP contribution < -0.4 is 10.6 Å². The predicted molar refractivity (Wildman–Crippen MR) is 66.7 cm³/mol. The third-order valence-corrected chi connectivity index (χ3v) is 2.89. The first-order valence-corrected chi connectivity index (χ1v) is 6.37. The van der Waals surface area contributed by atoms with E-state index in [-0.39, 0.29) is 11.9 Å². The molecule has 0 aromatic carbocycles. The molecule has 0 saturated carbocycles. The fourth-order valence-corrected chi connectivity index (χ4v) is 2.09. The molecule has 1 aromatic heterocycles. The van der Waals surface area contributed by atoms with E-state index in [1.165, 1.54) is 11.3 Å². The van der Waals surface area contributed by atoms with Gasteiger partial charge >= 0.3 is 0 Å². The predicted octanol–water partition coefficient (Wildman–Crippen LogP) is 1.80. The molecule has 16 heavy (non-hydrogen) atoms. The number of thiazole rings is 1. The minimum Gasteiger partial charge on any atom is -0.354 e. The first-order chi connectivity index (χ1) is 7.58. The number of nitrogens with zero attached hydrogens (tertiary/aromatic N) is 1. The average Bonchev–Trinajstić information content (AvgIpc) is 2.58. The average molecular weight is 262 g/mol. The fraction of sp³-hybridized carbons (Fsp3) is 0.600. The minimum atomic E-state index is 0.0691. The van der Waals surface area contributed by atoms with Gasteiger partial charge in [-0.25, -0.2) is 4.98 Å². The van der Waals surface area contributed by atoms with Crippen LogP contribution in [0.15, 0.2) is 6.20 Å². The van der Waals surface area contributed by atoms with Gasteiger partial charge in [0, 0.05) is 25.6 Å². The van der Waals surface area contributed by atoms with E-state index < -0.39 is 0 Å². The van der Waals surface area contributed by atoms with Crippen molar-refractivity contribution in [2.45, 2.75) is 32.9 Å². The van der Waals surface area contributed by atoms with Gasteiger partial charge in [0.05, 0.1) is 6.20 Å². The Labute approximate surface area is 104 Å². The van der Waals surface area contributed by atoms with Gasteiger partial charge in [0.25, 0.3) is 0 Å². The Morgan fingerprint density at radius 1 is 1.62 bits per heavy atom. The van der Waals surface area contributed by atoms with E-state index in [4.69, 9.17) is 11.6 Å². The van der Waals surface area contributed by atoms with Crippen molar-refractivity contribution < 1.29 is 4.79 Å². The van der Waals surface area contributed by atoms with Crippen molar-refractivity contribution in [1.82, 2.24) is 15.6 Å². The second kappa shape index (κ2) is 6.83. The van der Waals surface area contributed by atoms with Gasteiger partial charge in [-0.2, -0.15) is 0 Å². The highest BCUT2D eigenvalue weighted by atomic mass is 35.5. The van der Waals surface area contributed by atoms with Crippen LogP contribution in [0.25, 0.3) is 0 Å². The van der Waals surface area contributed by atoms with Crippen LogP contribution in [0.4, 0.5) is 0 Å². The van der Waals surface area contributed by atoms with Gasteiger partial charge in [-0.05, 0) is 13.8 Å². The van der Waals surface area contributed by atoms with Gasteiger partial charge in [-0.3, -0.25) is 4.79 Å². The topological polar surface area (TPSA) is 54.0 Å². The number of hydrogen-bond acceptors (Lipinski definition) is 4. The molecule has 0 radical (unpaired) electrons. The van der Waals surface area contributed by atoms with Crippen molar-refractivity contribution in [2.24, 2.45) is 0 Å². The molecule has 6 heteroatoms. The number of aromatic nitrogens is 1. The van der Waals surface area contributed by atoms with E-state index in [0.29, 0.717) is 23.8 Å². The van der Waals surface area contributed by atoms with Crippen molar-refractivity contribution in [2.75, 3.05) is 6.54 Å². The van der Waals surface area contributed by atoms with Gasteiger partial charge in [0.2, 0.25) is 5.91 Å². The lowest BCUT2D eigenvalue weighted by molar-refractivity contribution is -0.121. The third kappa shape index (κ3) is 5.44. The van der Waals surface area contributed by atoms with Gasteiger partial charge in [-0.15, -0.1) is 11.3 Å². The van der Waals surface area contributed by atoms with Crippen molar-refractivity contribution in [3.8, 4) is 0 Å². The lowest BCUT2D eigenvalue weighted by Gasteiger charge is -2.08. The van der Waals surface area contributed by atoms with Gasteiger partial charge in [0.1, 0.15) is 9.34 Å². The molecule has 0 fully saturated rings. The number of hydrogen-bond donors (Lipinski definition) is 2. The highest BCUT2D eigenvalue weighted by Crippen LogP contribution is 2.17. The Balaban J connectivity index is 2.10. The lowest BCUT2D eigenvalue weighted by atomic mass is 10.3. The number of amides is 1. The van der Waals surface area contributed by atoms with Gasteiger partial charge < -0.3 is 10.6 Å². The SMILES string of the molecule is CC(C)NC(=O)CCNCc1ncc(Cl)s1. The summed E-state index contributed by atoms with van der Waals surface area (Å²) in [6.07, 6.45) is 2.12. The van der Waals surface area contributed by atoms with Crippen molar-refractivity contribution in [3.05, 3.63) is 15.5 Å². The fourth-order valence-electron chi connectivity index (χ4n) is 1.16. The Morgan fingerprint density at radius 2 is 2.38 bits per heavy atom. The molecule has 0 bridgehead atoms. The summed E-state index contributed by atoms with van der Waals surface area (Å²) in [5.74, 6) is 0.0691. The van der Waals surface area contributed by atoms with Crippen LogP contribution in [0.3, 0.4) is 0 Å². The van der Waals surface area contributed by atoms with E-state index in [0.717, 1.165) is 5.01 Å². The first-order valence-electron chi connectivity index (χ1n) is 5.18. The van der Waals surface area contributed by atoms with Crippen LogP contribution in [0.1, 0.15) is 25.3 Å². The molecule has 1 aromatic rings. The van der Waals surface area contributed by atoms with E-state index in [1.807, 2.05) is 13.8 Å². The Bertz CT molecular complexity index is 341. The summed E-state index contributed by atoms with van der Waals surface area (Å²) in [7, 11) is 0. The second-order valence-electron chi connectivity index (χ2n) is 3.71. The summed E-state index contributed by atoms with van der Waals surface area (Å²) in [5.41, 5.74) is 0. The summed E-state index contributed by atoms with van der Waals surface area (Å²) in [5, 5.41) is 6.92. The molecular weight excluding hydrogens is 246 g/mol. The van der Waals surface area contributed by atoms with Crippen LogP contribution in [0.5, 0.6) is 0 Å². The zero-order chi connectivity index (χ0) is 12.0. The molecule has 0 aliphatic carbocycles. The van der Waals surface area contributed by atoms with Crippen LogP contribution in [-0.2, 0) is 11.3 Å². The monoisotopic (exact) mass is 261 g/mol. The lowest BCUT2D eigenvalue weighted by Crippen LogP contribution is -2.32. The smallest absolute Gasteiger partial charge is 0.221 e. The van der Waals surface area contributed by atoms with Gasteiger partial charge in [-0.1, -0.05) is 11.6 Å². The van der Waals surface area contributed by atoms with Crippen LogP contribution in [-0.4, -0.2) is 23.5 Å². The number of halogens is 1. The molecule has 0 aliphatic rings. The Hall–Kier alpha value is -0.650. The largest absolute Gasteiger partial charge is 0.354 e. The molecule has 1 heterocycles. The maximum Gasteiger partial charge on any atom is 0.221 e. The molecule has 1 amide bonds. The molecule has 0 saturated heterocycles. The number of carbonyl (C=O) groups is 1. The minimum absolute atomic E-state index is 0.0691. The second-order valence-corrected chi connectivity index (χ2v) is 5.45. The molecule has 2 N–H and O–H groups in total. The Kier molecular flexibility index (Phi) is 5.73. The molecule has 90 valence electrons.